The van der Waals surface area contributed by atoms with Crippen molar-refractivity contribution in [3.8, 4) is 0 Å². The van der Waals surface area contributed by atoms with Gasteiger partial charge in [0.2, 0.25) is 15.9 Å². The van der Waals surface area contributed by atoms with Crippen molar-refractivity contribution >= 4 is 15.9 Å². The average Bonchev–Trinajstić information content (AvgIpc) is 2.03. The van der Waals surface area contributed by atoms with Crippen LogP contribution >= 0.6 is 0 Å². The van der Waals surface area contributed by atoms with Crippen molar-refractivity contribution in [3.05, 3.63) is 0 Å². The standard InChI is InChI=1S/C7H16N2O3S/c1-2-13(11,12)9-6-4-3-5-7(8)10/h9H,2-6H2,1H3,(H2,8,10). The molecular formula is C7H16N2O3S. The van der Waals surface area contributed by atoms with E-state index in [1.165, 1.54) is 0 Å². The maximum atomic E-state index is 10.9. The Morgan fingerprint density at radius 1 is 1.38 bits per heavy atom. The van der Waals surface area contributed by atoms with Gasteiger partial charge in [0, 0.05) is 13.0 Å². The van der Waals surface area contributed by atoms with Crippen molar-refractivity contribution in [2.24, 2.45) is 5.73 Å². The van der Waals surface area contributed by atoms with Crippen LogP contribution in [0.5, 0.6) is 0 Å². The van der Waals surface area contributed by atoms with Crippen LogP contribution in [0.4, 0.5) is 0 Å². The summed E-state index contributed by atoms with van der Waals surface area (Å²) < 4.78 is 24.2. The second kappa shape index (κ2) is 5.93. The van der Waals surface area contributed by atoms with Crippen molar-refractivity contribution in [1.82, 2.24) is 4.72 Å². The molecule has 6 heteroatoms. The Labute approximate surface area is 78.7 Å². The van der Waals surface area contributed by atoms with Crippen molar-refractivity contribution in [2.45, 2.75) is 26.2 Å². The van der Waals surface area contributed by atoms with Gasteiger partial charge in [0.15, 0.2) is 0 Å². The summed E-state index contributed by atoms with van der Waals surface area (Å²) in [5.74, 6) is -0.263. The molecule has 0 fully saturated rings. The van der Waals surface area contributed by atoms with Gasteiger partial charge >= 0.3 is 0 Å². The fraction of sp³-hybridized carbons (Fsp3) is 0.857. The maximum Gasteiger partial charge on any atom is 0.217 e. The highest BCUT2D eigenvalue weighted by molar-refractivity contribution is 7.89. The molecule has 0 saturated heterocycles. The number of hydrogen-bond acceptors (Lipinski definition) is 3. The molecule has 0 unspecified atom stereocenters. The summed E-state index contributed by atoms with van der Waals surface area (Å²) in [4.78, 5) is 10.3. The number of sulfonamides is 1. The lowest BCUT2D eigenvalue weighted by atomic mass is 10.2. The van der Waals surface area contributed by atoms with Crippen LogP contribution in [0.3, 0.4) is 0 Å². The van der Waals surface area contributed by atoms with E-state index >= 15 is 0 Å². The first-order chi connectivity index (χ1) is 5.98. The third kappa shape index (κ3) is 7.73. The van der Waals surface area contributed by atoms with Crippen LogP contribution in [0.1, 0.15) is 26.2 Å². The molecule has 0 rings (SSSR count). The van der Waals surface area contributed by atoms with Gasteiger partial charge in [-0.15, -0.1) is 0 Å². The van der Waals surface area contributed by atoms with Crippen molar-refractivity contribution in [3.63, 3.8) is 0 Å². The van der Waals surface area contributed by atoms with Gasteiger partial charge in [0.05, 0.1) is 5.75 Å². The predicted molar refractivity (Wildman–Crippen MR) is 50.5 cm³/mol. The predicted octanol–water partition coefficient (Wildman–Crippen LogP) is -0.419. The Morgan fingerprint density at radius 2 is 2.00 bits per heavy atom. The van der Waals surface area contributed by atoms with E-state index in [1.807, 2.05) is 0 Å². The average molecular weight is 208 g/mol. The van der Waals surface area contributed by atoms with E-state index in [0.717, 1.165) is 0 Å². The van der Waals surface area contributed by atoms with Gasteiger partial charge in [-0.2, -0.15) is 0 Å². The molecule has 13 heavy (non-hydrogen) atoms. The van der Waals surface area contributed by atoms with Crippen LogP contribution in [0.2, 0.25) is 0 Å². The molecule has 5 nitrogen and oxygen atoms in total. The summed E-state index contributed by atoms with van der Waals surface area (Å²) in [5.41, 5.74) is 4.91. The van der Waals surface area contributed by atoms with E-state index in [2.05, 4.69) is 4.72 Å². The lowest BCUT2D eigenvalue weighted by Crippen LogP contribution is -2.26. The SMILES string of the molecule is CCS(=O)(=O)NCCCCC(N)=O. The Morgan fingerprint density at radius 3 is 2.46 bits per heavy atom. The zero-order chi connectivity index (χ0) is 10.3. The van der Waals surface area contributed by atoms with Gasteiger partial charge in [-0.05, 0) is 19.8 Å². The third-order valence-corrected chi connectivity index (χ3v) is 2.96. The highest BCUT2D eigenvalue weighted by Gasteiger charge is 2.04. The van der Waals surface area contributed by atoms with Crippen LogP contribution in [0, 0.1) is 0 Å². The fourth-order valence-electron chi connectivity index (χ4n) is 0.754. The Hall–Kier alpha value is -0.620. The van der Waals surface area contributed by atoms with Gasteiger partial charge in [-0.1, -0.05) is 0 Å². The zero-order valence-electron chi connectivity index (χ0n) is 7.75. The van der Waals surface area contributed by atoms with Crippen LogP contribution < -0.4 is 10.5 Å². The van der Waals surface area contributed by atoms with Crippen LogP contribution in [0.15, 0.2) is 0 Å². The Kier molecular flexibility index (Phi) is 5.65. The van der Waals surface area contributed by atoms with E-state index in [1.54, 1.807) is 6.92 Å². The monoisotopic (exact) mass is 208 g/mol. The molecule has 0 aromatic rings. The summed E-state index contributed by atoms with van der Waals surface area (Å²) in [5, 5.41) is 0. The molecule has 0 radical (unpaired) electrons. The van der Waals surface area contributed by atoms with E-state index in [4.69, 9.17) is 5.73 Å². The molecular weight excluding hydrogens is 192 g/mol. The Bertz CT molecular complexity index is 248. The maximum absolute atomic E-state index is 10.9. The van der Waals surface area contributed by atoms with Gasteiger partial charge in [-0.25, -0.2) is 13.1 Å². The summed E-state index contributed by atoms with van der Waals surface area (Å²) in [6.45, 7) is 1.95. The smallest absolute Gasteiger partial charge is 0.217 e. The van der Waals surface area contributed by atoms with Gasteiger partial charge in [-0.3, -0.25) is 4.79 Å². The number of nitrogens with two attached hydrogens (primary N) is 1. The summed E-state index contributed by atoms with van der Waals surface area (Å²) in [7, 11) is -3.09. The number of primary amides is 1. The lowest BCUT2D eigenvalue weighted by Gasteiger charge is -2.02. The van der Waals surface area contributed by atoms with Crippen LogP contribution in [0.25, 0.3) is 0 Å². The number of hydrogen-bond donors (Lipinski definition) is 2. The van der Waals surface area contributed by atoms with E-state index < -0.39 is 10.0 Å². The number of carbonyl (C=O) groups excluding carboxylic acids is 1. The molecule has 1 amide bonds. The van der Waals surface area contributed by atoms with E-state index in [-0.39, 0.29) is 11.7 Å². The highest BCUT2D eigenvalue weighted by Crippen LogP contribution is 1.93. The van der Waals surface area contributed by atoms with Crippen molar-refractivity contribution < 1.29 is 13.2 Å². The fourth-order valence-corrected chi connectivity index (χ4v) is 1.41. The first kappa shape index (κ1) is 12.4. The van der Waals surface area contributed by atoms with Gasteiger partial charge in [0.1, 0.15) is 0 Å². The summed E-state index contributed by atoms with van der Waals surface area (Å²) in [6, 6.07) is 0. The molecule has 0 spiro atoms. The molecule has 0 aliphatic heterocycles. The van der Waals surface area contributed by atoms with Crippen LogP contribution in [-0.4, -0.2) is 26.6 Å². The van der Waals surface area contributed by atoms with Gasteiger partial charge < -0.3 is 5.73 Å². The number of carbonyl (C=O) groups is 1. The molecule has 0 atom stereocenters. The number of rotatable bonds is 7. The molecule has 0 aromatic heterocycles. The molecule has 78 valence electrons. The third-order valence-electron chi connectivity index (χ3n) is 1.55. The minimum absolute atomic E-state index is 0.0861. The first-order valence-corrected chi connectivity index (χ1v) is 5.89. The minimum atomic E-state index is -3.09. The zero-order valence-corrected chi connectivity index (χ0v) is 8.56. The quantitative estimate of drug-likeness (QED) is 0.557. The highest BCUT2D eigenvalue weighted by atomic mass is 32.2. The molecule has 0 heterocycles. The minimum Gasteiger partial charge on any atom is -0.370 e. The van der Waals surface area contributed by atoms with Crippen molar-refractivity contribution in [2.75, 3.05) is 12.3 Å². The Balaban J connectivity index is 3.42. The molecule has 0 bridgehead atoms. The molecule has 0 aliphatic carbocycles. The topological polar surface area (TPSA) is 89.3 Å². The molecule has 0 saturated carbocycles. The van der Waals surface area contributed by atoms with E-state index in [0.29, 0.717) is 25.8 Å². The van der Waals surface area contributed by atoms with Crippen LogP contribution in [-0.2, 0) is 14.8 Å². The van der Waals surface area contributed by atoms with Gasteiger partial charge in [0.25, 0.3) is 0 Å². The number of amides is 1. The molecule has 0 aromatic carbocycles. The number of unbranched alkanes of at least 4 members (excludes halogenated alkanes) is 1. The normalized spacial score (nSPS) is 11.5. The summed E-state index contributed by atoms with van der Waals surface area (Å²) in [6.07, 6.45) is 1.58. The largest absolute Gasteiger partial charge is 0.370 e. The number of nitrogens with one attached hydrogen (secondary N) is 1. The molecule has 0 aliphatic rings. The van der Waals surface area contributed by atoms with Crippen molar-refractivity contribution in [1.29, 1.82) is 0 Å². The second-order valence-corrected chi connectivity index (χ2v) is 4.82. The molecule has 3 N–H and O–H groups in total. The second-order valence-electron chi connectivity index (χ2n) is 2.72. The first-order valence-electron chi connectivity index (χ1n) is 4.23. The van der Waals surface area contributed by atoms with E-state index in [9.17, 15) is 13.2 Å². The lowest BCUT2D eigenvalue weighted by molar-refractivity contribution is -0.118. The summed E-state index contributed by atoms with van der Waals surface area (Å²) >= 11 is 0.